The van der Waals surface area contributed by atoms with E-state index < -0.39 is 0 Å². The van der Waals surface area contributed by atoms with Crippen molar-refractivity contribution in [1.82, 2.24) is 10.2 Å². The van der Waals surface area contributed by atoms with Gasteiger partial charge in [-0.05, 0) is 30.4 Å². The van der Waals surface area contributed by atoms with Crippen molar-refractivity contribution in [2.45, 2.75) is 38.8 Å². The molecule has 1 fully saturated rings. The molecule has 5 heteroatoms. The number of aryl methyl sites for hydroxylation is 1. The van der Waals surface area contributed by atoms with E-state index in [9.17, 15) is 9.59 Å². The van der Waals surface area contributed by atoms with Gasteiger partial charge in [-0.25, -0.2) is 0 Å². The van der Waals surface area contributed by atoms with Gasteiger partial charge in [-0.1, -0.05) is 31.2 Å². The molecule has 0 radical (unpaired) electrons. The summed E-state index contributed by atoms with van der Waals surface area (Å²) < 4.78 is 0. The van der Waals surface area contributed by atoms with Crippen molar-refractivity contribution in [1.29, 1.82) is 0 Å². The van der Waals surface area contributed by atoms with Gasteiger partial charge in [0.25, 0.3) is 11.8 Å². The van der Waals surface area contributed by atoms with E-state index in [4.69, 9.17) is 0 Å². The zero-order valence-electron chi connectivity index (χ0n) is 14.4. The molecule has 0 bridgehead atoms. The van der Waals surface area contributed by atoms with Gasteiger partial charge in [-0.3, -0.25) is 9.59 Å². The van der Waals surface area contributed by atoms with E-state index in [0.717, 1.165) is 29.7 Å². The minimum absolute atomic E-state index is 0.0376. The number of amides is 2. The van der Waals surface area contributed by atoms with Gasteiger partial charge in [-0.2, -0.15) is 0 Å². The van der Waals surface area contributed by atoms with Crippen LogP contribution in [-0.2, 0) is 22.6 Å². The predicted molar refractivity (Wildman–Crippen MR) is 90.1 cm³/mol. The van der Waals surface area contributed by atoms with Crippen LogP contribution >= 0.6 is 0 Å². The van der Waals surface area contributed by atoms with E-state index in [1.54, 1.807) is 4.90 Å². The third-order valence-corrected chi connectivity index (χ3v) is 4.13. The van der Waals surface area contributed by atoms with E-state index in [1.165, 1.54) is 5.56 Å². The van der Waals surface area contributed by atoms with Crippen LogP contribution in [0.4, 0.5) is 0 Å². The second-order valence-corrected chi connectivity index (χ2v) is 6.57. The molecule has 0 aliphatic heterocycles. The Labute approximate surface area is 138 Å². The minimum atomic E-state index is 0.0376. The van der Waals surface area contributed by atoms with E-state index in [0.29, 0.717) is 25.7 Å². The number of nitrogens with one attached hydrogen (secondary N) is 2. The fourth-order valence-electron chi connectivity index (χ4n) is 2.48. The molecule has 2 N–H and O–H groups in total. The summed E-state index contributed by atoms with van der Waals surface area (Å²) in [6.07, 6.45) is 3.19. The molecule has 1 aromatic rings. The third-order valence-electron chi connectivity index (χ3n) is 4.13. The number of likely N-dealkylation sites (N-methyl/N-ethyl adjacent to an activating group) is 2. The fraction of sp³-hybridized carbons (Fsp3) is 0.556. The van der Waals surface area contributed by atoms with Crippen LogP contribution in [0.1, 0.15) is 30.9 Å². The SMILES string of the molecule is CCc1ccc(CN(C)C(=O)C[NH+](C)CC(=O)NC2CC2)cc1. The summed E-state index contributed by atoms with van der Waals surface area (Å²) in [6, 6.07) is 8.73. The highest BCUT2D eigenvalue weighted by atomic mass is 16.2. The molecule has 1 unspecified atom stereocenters. The maximum Gasteiger partial charge on any atom is 0.277 e. The third kappa shape index (κ3) is 6.02. The van der Waals surface area contributed by atoms with Crippen molar-refractivity contribution >= 4 is 11.8 Å². The van der Waals surface area contributed by atoms with Crippen LogP contribution in [0, 0.1) is 0 Å². The smallest absolute Gasteiger partial charge is 0.277 e. The molecule has 0 aromatic heterocycles. The number of hydrogen-bond donors (Lipinski definition) is 2. The summed E-state index contributed by atoms with van der Waals surface area (Å²) in [7, 11) is 3.70. The number of quaternary nitrogens is 1. The molecule has 1 atom stereocenters. The van der Waals surface area contributed by atoms with E-state index in [1.807, 2.05) is 14.1 Å². The first-order chi connectivity index (χ1) is 11.0. The average Bonchev–Trinajstić information content (AvgIpc) is 3.31. The lowest BCUT2D eigenvalue weighted by atomic mass is 10.1. The molecule has 1 saturated carbocycles. The summed E-state index contributed by atoms with van der Waals surface area (Å²) in [6.45, 7) is 3.41. The van der Waals surface area contributed by atoms with Gasteiger partial charge in [-0.15, -0.1) is 0 Å². The fourth-order valence-corrected chi connectivity index (χ4v) is 2.48. The Hall–Kier alpha value is -1.88. The van der Waals surface area contributed by atoms with Gasteiger partial charge in [0.05, 0.1) is 7.05 Å². The first-order valence-corrected chi connectivity index (χ1v) is 8.40. The summed E-state index contributed by atoms with van der Waals surface area (Å²) >= 11 is 0. The van der Waals surface area contributed by atoms with Crippen LogP contribution in [0.2, 0.25) is 0 Å². The van der Waals surface area contributed by atoms with Crippen LogP contribution in [0.15, 0.2) is 24.3 Å². The minimum Gasteiger partial charge on any atom is -0.348 e. The lowest BCUT2D eigenvalue weighted by molar-refractivity contribution is -0.863. The Morgan fingerprint density at radius 2 is 1.78 bits per heavy atom. The van der Waals surface area contributed by atoms with Crippen molar-refractivity contribution in [3.8, 4) is 0 Å². The maximum atomic E-state index is 12.3. The van der Waals surface area contributed by atoms with Gasteiger partial charge in [0.2, 0.25) is 0 Å². The lowest BCUT2D eigenvalue weighted by Gasteiger charge is -2.20. The molecule has 0 heterocycles. The van der Waals surface area contributed by atoms with Crippen molar-refractivity contribution < 1.29 is 14.5 Å². The molecule has 126 valence electrons. The highest BCUT2D eigenvalue weighted by molar-refractivity contribution is 5.79. The second kappa shape index (κ2) is 8.11. The molecular formula is C18H28N3O2+. The maximum absolute atomic E-state index is 12.3. The van der Waals surface area contributed by atoms with Crippen LogP contribution in [-0.4, -0.2) is 49.9 Å². The Morgan fingerprint density at radius 3 is 2.35 bits per heavy atom. The Balaban J connectivity index is 1.75. The van der Waals surface area contributed by atoms with Crippen LogP contribution in [0.25, 0.3) is 0 Å². The first-order valence-electron chi connectivity index (χ1n) is 8.40. The van der Waals surface area contributed by atoms with Gasteiger partial charge in [0.1, 0.15) is 0 Å². The molecule has 23 heavy (non-hydrogen) atoms. The number of carbonyl (C=O) groups is 2. The van der Waals surface area contributed by atoms with Gasteiger partial charge < -0.3 is 15.1 Å². The summed E-state index contributed by atoms with van der Waals surface area (Å²) in [5.41, 5.74) is 2.43. The summed E-state index contributed by atoms with van der Waals surface area (Å²) in [5, 5.41) is 2.95. The second-order valence-electron chi connectivity index (χ2n) is 6.57. The standard InChI is InChI=1S/C18H27N3O2/c1-4-14-5-7-15(8-6-14)11-21(3)18(23)13-20(2)12-17(22)19-16-9-10-16/h5-8,16H,4,9-13H2,1-3H3,(H,19,22)/p+1. The van der Waals surface area contributed by atoms with E-state index in [-0.39, 0.29) is 11.8 Å². The molecule has 2 amide bonds. The molecule has 5 nitrogen and oxygen atoms in total. The average molecular weight is 318 g/mol. The van der Waals surface area contributed by atoms with Crippen molar-refractivity contribution in [2.24, 2.45) is 0 Å². The molecule has 1 aliphatic rings. The normalized spacial score (nSPS) is 15.1. The number of rotatable bonds is 8. The largest absolute Gasteiger partial charge is 0.348 e. The van der Waals surface area contributed by atoms with Crippen molar-refractivity contribution in [2.75, 3.05) is 27.2 Å². The number of nitrogens with zero attached hydrogens (tertiary/aromatic N) is 1. The number of hydrogen-bond acceptors (Lipinski definition) is 2. The monoisotopic (exact) mass is 318 g/mol. The van der Waals surface area contributed by atoms with E-state index in [2.05, 4.69) is 36.5 Å². The first kappa shape index (κ1) is 17.5. The number of carbonyl (C=O) groups excluding carboxylic acids is 2. The van der Waals surface area contributed by atoms with E-state index >= 15 is 0 Å². The van der Waals surface area contributed by atoms with Gasteiger partial charge >= 0.3 is 0 Å². The molecule has 0 saturated heterocycles. The molecule has 1 aromatic carbocycles. The zero-order chi connectivity index (χ0) is 16.8. The van der Waals surface area contributed by atoms with Gasteiger partial charge in [0, 0.05) is 19.6 Å². The molecule has 2 rings (SSSR count). The Bertz CT molecular complexity index is 538. The Kier molecular flexibility index (Phi) is 6.16. The zero-order valence-corrected chi connectivity index (χ0v) is 14.4. The summed E-state index contributed by atoms with van der Waals surface area (Å²) in [5.74, 6) is 0.0943. The predicted octanol–water partition coefficient (Wildman–Crippen LogP) is 0.000700. The Morgan fingerprint density at radius 1 is 1.17 bits per heavy atom. The van der Waals surface area contributed by atoms with Gasteiger partial charge in [0.15, 0.2) is 13.1 Å². The summed E-state index contributed by atoms with van der Waals surface area (Å²) in [4.78, 5) is 26.7. The highest BCUT2D eigenvalue weighted by Gasteiger charge is 2.25. The van der Waals surface area contributed by atoms with Crippen molar-refractivity contribution in [3.63, 3.8) is 0 Å². The molecule has 0 spiro atoms. The van der Waals surface area contributed by atoms with Crippen LogP contribution in [0.3, 0.4) is 0 Å². The molecular weight excluding hydrogens is 290 g/mol. The lowest BCUT2D eigenvalue weighted by Crippen LogP contribution is -3.11. The van der Waals surface area contributed by atoms with Crippen LogP contribution in [0.5, 0.6) is 0 Å². The van der Waals surface area contributed by atoms with Crippen LogP contribution < -0.4 is 10.2 Å². The molecule has 1 aliphatic carbocycles. The number of benzene rings is 1. The highest BCUT2D eigenvalue weighted by Crippen LogP contribution is 2.17. The topological polar surface area (TPSA) is 53.9 Å². The quantitative estimate of drug-likeness (QED) is 0.709. The van der Waals surface area contributed by atoms with Crippen molar-refractivity contribution in [3.05, 3.63) is 35.4 Å².